The van der Waals surface area contributed by atoms with Crippen molar-refractivity contribution in [3.8, 4) is 0 Å². The maximum atomic E-state index is 12.3. The average Bonchev–Trinajstić information content (AvgIpc) is 2.42. The van der Waals surface area contributed by atoms with Crippen LogP contribution in [0, 0.1) is 6.92 Å². The monoisotopic (exact) mass is 295 g/mol. The van der Waals surface area contributed by atoms with E-state index in [4.69, 9.17) is 5.11 Å². The van der Waals surface area contributed by atoms with E-state index in [1.807, 2.05) is 13.8 Å². The molecule has 0 bridgehead atoms. The zero-order valence-corrected chi connectivity index (χ0v) is 13.3. The second kappa shape index (κ2) is 7.93. The third-order valence-corrected chi connectivity index (χ3v) is 3.38. The fourth-order valence-corrected chi connectivity index (χ4v) is 2.06. The maximum absolute atomic E-state index is 12.3. The summed E-state index contributed by atoms with van der Waals surface area (Å²) < 4.78 is 0. The molecular formula is C15H25N3O3. The molecule has 1 aromatic rings. The molecular weight excluding hydrogens is 270 g/mol. The van der Waals surface area contributed by atoms with Crippen molar-refractivity contribution in [3.05, 3.63) is 27.4 Å². The molecule has 0 aliphatic rings. The van der Waals surface area contributed by atoms with Gasteiger partial charge in [-0.2, -0.15) is 0 Å². The molecule has 0 atom stereocenters. The molecule has 1 rings (SSSR count). The number of hydrogen-bond donors (Lipinski definition) is 2. The topological polar surface area (TPSA) is 86.3 Å². The number of aliphatic hydroxyl groups is 1. The van der Waals surface area contributed by atoms with E-state index in [0.717, 1.165) is 19.3 Å². The number of rotatable bonds is 7. The zero-order chi connectivity index (χ0) is 16.0. The molecule has 6 nitrogen and oxygen atoms in total. The molecule has 0 saturated carbocycles. The van der Waals surface area contributed by atoms with Gasteiger partial charge in [-0.25, -0.2) is 4.98 Å². The van der Waals surface area contributed by atoms with Gasteiger partial charge in [0.15, 0.2) is 0 Å². The number of aryl methyl sites for hydroxylation is 1. The van der Waals surface area contributed by atoms with Crippen LogP contribution >= 0.6 is 0 Å². The highest BCUT2D eigenvalue weighted by Gasteiger charge is 2.20. The van der Waals surface area contributed by atoms with Crippen LogP contribution in [-0.4, -0.2) is 46.1 Å². The zero-order valence-electron chi connectivity index (χ0n) is 13.3. The van der Waals surface area contributed by atoms with Crippen LogP contribution in [0.1, 0.15) is 60.9 Å². The number of hydrogen-bond acceptors (Lipinski definition) is 4. The lowest BCUT2D eigenvalue weighted by Crippen LogP contribution is -2.34. The Morgan fingerprint density at radius 3 is 2.52 bits per heavy atom. The summed E-state index contributed by atoms with van der Waals surface area (Å²) in [6, 6.07) is 0. The smallest absolute Gasteiger partial charge is 0.264 e. The largest absolute Gasteiger partial charge is 0.396 e. The molecule has 0 spiro atoms. The Labute approximate surface area is 125 Å². The highest BCUT2D eigenvalue weighted by Crippen LogP contribution is 2.10. The van der Waals surface area contributed by atoms with E-state index < -0.39 is 0 Å². The predicted octanol–water partition coefficient (Wildman–Crippen LogP) is 1.44. The van der Waals surface area contributed by atoms with Gasteiger partial charge >= 0.3 is 0 Å². The van der Waals surface area contributed by atoms with Crippen LogP contribution in [0.3, 0.4) is 0 Å². The van der Waals surface area contributed by atoms with Gasteiger partial charge in [-0.1, -0.05) is 13.8 Å². The number of H-pyrrole nitrogens is 1. The summed E-state index contributed by atoms with van der Waals surface area (Å²) in [6.45, 7) is 6.29. The standard InChI is InChI=1S/C15H25N3O3/c1-10(2)13-16-11(3)12(14(20)17-13)15(21)18(4)8-6-5-7-9-19/h10,19H,5-9H2,1-4H3,(H,16,17,20). The van der Waals surface area contributed by atoms with E-state index in [2.05, 4.69) is 9.97 Å². The molecule has 1 aromatic heterocycles. The first kappa shape index (κ1) is 17.4. The molecule has 1 heterocycles. The van der Waals surface area contributed by atoms with Gasteiger partial charge in [0.2, 0.25) is 0 Å². The number of unbranched alkanes of at least 4 members (excludes halogenated alkanes) is 2. The van der Waals surface area contributed by atoms with Gasteiger partial charge in [0.25, 0.3) is 11.5 Å². The van der Waals surface area contributed by atoms with Crippen molar-refractivity contribution in [3.63, 3.8) is 0 Å². The van der Waals surface area contributed by atoms with Crippen molar-refractivity contribution in [2.45, 2.75) is 46.0 Å². The highest BCUT2D eigenvalue weighted by molar-refractivity contribution is 5.94. The third-order valence-electron chi connectivity index (χ3n) is 3.38. The molecule has 6 heteroatoms. The SMILES string of the molecule is Cc1nc(C(C)C)[nH]c(=O)c1C(=O)N(C)CCCCCO. The summed E-state index contributed by atoms with van der Waals surface area (Å²) in [7, 11) is 1.68. The lowest BCUT2D eigenvalue weighted by molar-refractivity contribution is 0.0789. The first-order valence-electron chi connectivity index (χ1n) is 7.35. The molecule has 0 aliphatic carbocycles. The number of carbonyl (C=O) groups excluding carboxylic acids is 1. The summed E-state index contributed by atoms with van der Waals surface area (Å²) in [5, 5.41) is 8.73. The van der Waals surface area contributed by atoms with Crippen LogP contribution < -0.4 is 5.56 Å². The fourth-order valence-electron chi connectivity index (χ4n) is 2.06. The van der Waals surface area contributed by atoms with Gasteiger partial charge in [0, 0.05) is 26.1 Å². The molecule has 118 valence electrons. The Morgan fingerprint density at radius 1 is 1.33 bits per heavy atom. The number of carbonyl (C=O) groups is 1. The molecule has 0 aliphatic heterocycles. The molecule has 0 radical (unpaired) electrons. The van der Waals surface area contributed by atoms with Crippen LogP contribution in [0.2, 0.25) is 0 Å². The van der Waals surface area contributed by atoms with Crippen molar-refractivity contribution in [1.29, 1.82) is 0 Å². The maximum Gasteiger partial charge on any atom is 0.264 e. The Bertz CT molecular complexity index is 537. The van der Waals surface area contributed by atoms with Gasteiger partial charge in [0.1, 0.15) is 11.4 Å². The van der Waals surface area contributed by atoms with Gasteiger partial charge in [0.05, 0.1) is 5.69 Å². The summed E-state index contributed by atoms with van der Waals surface area (Å²) in [6.07, 6.45) is 2.39. The number of aromatic nitrogens is 2. The second-order valence-corrected chi connectivity index (χ2v) is 5.58. The molecule has 0 saturated heterocycles. The van der Waals surface area contributed by atoms with Crippen molar-refractivity contribution in [2.75, 3.05) is 20.2 Å². The fraction of sp³-hybridized carbons (Fsp3) is 0.667. The Morgan fingerprint density at radius 2 is 2.00 bits per heavy atom. The van der Waals surface area contributed by atoms with Crippen LogP contribution in [0.25, 0.3) is 0 Å². The minimum Gasteiger partial charge on any atom is -0.396 e. The summed E-state index contributed by atoms with van der Waals surface area (Å²) in [5.74, 6) is 0.400. The summed E-state index contributed by atoms with van der Waals surface area (Å²) in [5.41, 5.74) is 0.206. The molecule has 0 fully saturated rings. The van der Waals surface area contributed by atoms with Gasteiger partial charge < -0.3 is 15.0 Å². The van der Waals surface area contributed by atoms with Crippen LogP contribution in [-0.2, 0) is 0 Å². The van der Waals surface area contributed by atoms with E-state index in [0.29, 0.717) is 18.1 Å². The van der Waals surface area contributed by atoms with E-state index in [1.165, 1.54) is 4.90 Å². The summed E-state index contributed by atoms with van der Waals surface area (Å²) in [4.78, 5) is 33.0. The van der Waals surface area contributed by atoms with Gasteiger partial charge in [-0.15, -0.1) is 0 Å². The van der Waals surface area contributed by atoms with Gasteiger partial charge in [-0.3, -0.25) is 9.59 Å². The second-order valence-electron chi connectivity index (χ2n) is 5.58. The normalized spacial score (nSPS) is 11.0. The van der Waals surface area contributed by atoms with Gasteiger partial charge in [-0.05, 0) is 26.2 Å². The predicted molar refractivity (Wildman–Crippen MR) is 81.6 cm³/mol. The quantitative estimate of drug-likeness (QED) is 0.745. The third kappa shape index (κ3) is 4.67. The minimum atomic E-state index is -0.376. The number of aliphatic hydroxyl groups excluding tert-OH is 1. The lowest BCUT2D eigenvalue weighted by Gasteiger charge is -2.18. The molecule has 21 heavy (non-hydrogen) atoms. The Balaban J connectivity index is 2.85. The number of aromatic amines is 1. The molecule has 1 amide bonds. The number of amides is 1. The first-order chi connectivity index (χ1) is 9.88. The van der Waals surface area contributed by atoms with Crippen molar-refractivity contribution in [2.24, 2.45) is 0 Å². The molecule has 0 unspecified atom stereocenters. The number of nitrogens with zero attached hydrogens (tertiary/aromatic N) is 2. The Kier molecular flexibility index (Phi) is 6.55. The Hall–Kier alpha value is -1.69. The highest BCUT2D eigenvalue weighted by atomic mass is 16.3. The first-order valence-corrected chi connectivity index (χ1v) is 7.35. The number of nitrogens with one attached hydrogen (secondary N) is 1. The molecule has 2 N–H and O–H groups in total. The van der Waals surface area contributed by atoms with Crippen molar-refractivity contribution >= 4 is 5.91 Å². The van der Waals surface area contributed by atoms with Crippen LogP contribution in [0.15, 0.2) is 4.79 Å². The van der Waals surface area contributed by atoms with E-state index >= 15 is 0 Å². The van der Waals surface area contributed by atoms with Crippen molar-refractivity contribution in [1.82, 2.24) is 14.9 Å². The lowest BCUT2D eigenvalue weighted by atomic mass is 10.1. The van der Waals surface area contributed by atoms with E-state index in [-0.39, 0.29) is 29.6 Å². The summed E-state index contributed by atoms with van der Waals surface area (Å²) >= 11 is 0. The molecule has 0 aromatic carbocycles. The average molecular weight is 295 g/mol. The minimum absolute atomic E-state index is 0.108. The van der Waals surface area contributed by atoms with Crippen LogP contribution in [0.4, 0.5) is 0 Å². The van der Waals surface area contributed by atoms with E-state index in [9.17, 15) is 9.59 Å². The van der Waals surface area contributed by atoms with Crippen LogP contribution in [0.5, 0.6) is 0 Å². The van der Waals surface area contributed by atoms with E-state index in [1.54, 1.807) is 14.0 Å². The van der Waals surface area contributed by atoms with Crippen molar-refractivity contribution < 1.29 is 9.90 Å².